The first kappa shape index (κ1) is 15.6. The van der Waals surface area contributed by atoms with Gasteiger partial charge in [0, 0.05) is 24.2 Å². The molecule has 0 aromatic carbocycles. The molecular formula is C15H24O5. The van der Waals surface area contributed by atoms with Crippen molar-refractivity contribution in [3.05, 3.63) is 0 Å². The lowest BCUT2D eigenvalue weighted by atomic mass is 9.59. The molecule has 2 aliphatic rings. The summed E-state index contributed by atoms with van der Waals surface area (Å²) in [5.41, 5.74) is -1.02. The number of aliphatic hydroxyl groups excluding tert-OH is 1. The van der Waals surface area contributed by atoms with Gasteiger partial charge in [-0.25, -0.2) is 9.78 Å². The van der Waals surface area contributed by atoms with Gasteiger partial charge in [-0.2, -0.15) is 0 Å². The van der Waals surface area contributed by atoms with Crippen LogP contribution in [0.2, 0.25) is 0 Å². The van der Waals surface area contributed by atoms with E-state index in [-0.39, 0.29) is 23.5 Å². The Hall–Kier alpha value is -0.780. The van der Waals surface area contributed by atoms with Gasteiger partial charge in [0.2, 0.25) is 0 Å². The zero-order valence-corrected chi connectivity index (χ0v) is 12.4. The minimum Gasteiger partial charge on any atom is -0.365 e. The standard InChI is InChI=1S/C15H24O5/c1-9-4-6-13-11(3)14(18)19-20-15(13,8-16)12(9)7-5-10(2)17/h8-9,11-14,18H,4-7H2,1-3H3/t9-,11-,12+,13+,14?,15-/m1/s1. The number of Topliss-reactive ketones (excluding diaryl/α,β-unsaturated/α-hetero) is 1. The van der Waals surface area contributed by atoms with Crippen LogP contribution in [0.1, 0.15) is 46.5 Å². The fourth-order valence-electron chi connectivity index (χ4n) is 3.87. The Morgan fingerprint density at radius 3 is 2.70 bits per heavy atom. The fourth-order valence-corrected chi connectivity index (χ4v) is 3.87. The first-order chi connectivity index (χ1) is 9.42. The first-order valence-corrected chi connectivity index (χ1v) is 7.40. The Morgan fingerprint density at radius 1 is 1.40 bits per heavy atom. The highest BCUT2D eigenvalue weighted by atomic mass is 17.2. The number of hydrogen-bond donors (Lipinski definition) is 1. The number of aldehydes is 1. The van der Waals surface area contributed by atoms with E-state index in [0.717, 1.165) is 19.1 Å². The molecule has 1 saturated heterocycles. The van der Waals surface area contributed by atoms with Crippen molar-refractivity contribution in [3.63, 3.8) is 0 Å². The normalized spacial score (nSPS) is 44.7. The van der Waals surface area contributed by atoms with Crippen LogP contribution in [0.3, 0.4) is 0 Å². The van der Waals surface area contributed by atoms with E-state index in [2.05, 4.69) is 6.92 Å². The van der Waals surface area contributed by atoms with Gasteiger partial charge in [0.15, 0.2) is 18.2 Å². The van der Waals surface area contributed by atoms with Gasteiger partial charge in [-0.15, -0.1) is 0 Å². The molecule has 0 aromatic rings. The van der Waals surface area contributed by atoms with Crippen molar-refractivity contribution >= 4 is 12.1 Å². The fraction of sp³-hybridized carbons (Fsp3) is 0.867. The van der Waals surface area contributed by atoms with Crippen LogP contribution < -0.4 is 0 Å². The van der Waals surface area contributed by atoms with Crippen LogP contribution >= 0.6 is 0 Å². The lowest BCUT2D eigenvalue weighted by molar-refractivity contribution is -0.471. The topological polar surface area (TPSA) is 72.8 Å². The van der Waals surface area contributed by atoms with Gasteiger partial charge >= 0.3 is 0 Å². The van der Waals surface area contributed by atoms with Crippen molar-refractivity contribution in [2.24, 2.45) is 23.7 Å². The molecule has 6 atom stereocenters. The van der Waals surface area contributed by atoms with E-state index >= 15 is 0 Å². The summed E-state index contributed by atoms with van der Waals surface area (Å²) in [6.45, 7) is 5.53. The molecule has 2 rings (SSSR count). The largest absolute Gasteiger partial charge is 0.365 e. The average Bonchev–Trinajstić information content (AvgIpc) is 2.41. The molecule has 2 fully saturated rings. The Kier molecular flexibility index (Phi) is 4.62. The molecule has 0 radical (unpaired) electrons. The van der Waals surface area contributed by atoms with Crippen LogP contribution in [0.15, 0.2) is 0 Å². The number of carbonyl (C=O) groups excluding carboxylic acids is 2. The Morgan fingerprint density at radius 2 is 2.10 bits per heavy atom. The van der Waals surface area contributed by atoms with Crippen LogP contribution in [0.5, 0.6) is 0 Å². The van der Waals surface area contributed by atoms with Gasteiger partial charge in [-0.05, 0) is 32.1 Å². The molecule has 1 saturated carbocycles. The second-order valence-electron chi connectivity index (χ2n) is 6.41. The molecule has 0 aromatic heterocycles. The highest BCUT2D eigenvalue weighted by Gasteiger charge is 2.58. The summed E-state index contributed by atoms with van der Waals surface area (Å²) in [5, 5.41) is 9.78. The molecule has 0 bridgehead atoms. The zero-order valence-electron chi connectivity index (χ0n) is 12.4. The number of carbonyl (C=O) groups is 2. The lowest BCUT2D eigenvalue weighted by Gasteiger charge is -2.53. The van der Waals surface area contributed by atoms with E-state index in [1.807, 2.05) is 6.92 Å². The molecule has 1 aliphatic carbocycles. The summed E-state index contributed by atoms with van der Waals surface area (Å²) in [6, 6.07) is 0. The summed E-state index contributed by atoms with van der Waals surface area (Å²) in [4.78, 5) is 33.4. The molecule has 5 heteroatoms. The third-order valence-electron chi connectivity index (χ3n) is 5.15. The van der Waals surface area contributed by atoms with E-state index < -0.39 is 11.9 Å². The number of rotatable bonds is 4. The second kappa shape index (κ2) is 5.92. The molecule has 0 amide bonds. The Balaban J connectivity index is 2.27. The quantitative estimate of drug-likeness (QED) is 0.630. The SMILES string of the molecule is CC(=O)CC[C@H]1[C@H](C)CC[C@H]2[C@@H](C)C(O)OO[C@]12C=O. The number of aliphatic hydroxyl groups is 1. The Labute approximate surface area is 119 Å². The Bertz CT molecular complexity index is 382. The molecule has 1 heterocycles. The number of hydrogen-bond acceptors (Lipinski definition) is 5. The molecule has 5 nitrogen and oxygen atoms in total. The molecular weight excluding hydrogens is 260 g/mol. The second-order valence-corrected chi connectivity index (χ2v) is 6.41. The van der Waals surface area contributed by atoms with Gasteiger partial charge in [0.1, 0.15) is 5.78 Å². The van der Waals surface area contributed by atoms with E-state index in [4.69, 9.17) is 9.78 Å². The average molecular weight is 284 g/mol. The smallest absolute Gasteiger partial charge is 0.191 e. The summed E-state index contributed by atoms with van der Waals surface area (Å²) in [5.74, 6) is 0.155. The number of ketones is 1. The predicted octanol–water partition coefficient (Wildman–Crippen LogP) is 1.87. The van der Waals surface area contributed by atoms with E-state index in [0.29, 0.717) is 18.8 Å². The minimum atomic E-state index is -1.02. The molecule has 1 unspecified atom stereocenters. The molecule has 20 heavy (non-hydrogen) atoms. The van der Waals surface area contributed by atoms with Crippen LogP contribution in [0.25, 0.3) is 0 Å². The summed E-state index contributed by atoms with van der Waals surface area (Å²) in [6.07, 6.45) is 2.71. The van der Waals surface area contributed by atoms with E-state index in [9.17, 15) is 14.7 Å². The maximum absolute atomic E-state index is 11.8. The lowest BCUT2D eigenvalue weighted by Crippen LogP contribution is -2.61. The highest BCUT2D eigenvalue weighted by molar-refractivity contribution is 5.75. The monoisotopic (exact) mass is 284 g/mol. The van der Waals surface area contributed by atoms with Crippen LogP contribution in [-0.2, 0) is 19.4 Å². The maximum atomic E-state index is 11.8. The highest BCUT2D eigenvalue weighted by Crippen LogP contribution is 2.51. The number of fused-ring (bicyclic) bond motifs is 1. The van der Waals surface area contributed by atoms with E-state index in [1.54, 1.807) is 6.92 Å². The van der Waals surface area contributed by atoms with Crippen molar-refractivity contribution in [1.82, 2.24) is 0 Å². The minimum absolute atomic E-state index is 0.0439. The third-order valence-corrected chi connectivity index (χ3v) is 5.15. The summed E-state index contributed by atoms with van der Waals surface area (Å²) in [7, 11) is 0. The van der Waals surface area contributed by atoms with Gasteiger partial charge in [0.25, 0.3) is 0 Å². The van der Waals surface area contributed by atoms with Crippen molar-refractivity contribution in [2.75, 3.05) is 0 Å². The maximum Gasteiger partial charge on any atom is 0.191 e. The van der Waals surface area contributed by atoms with Crippen molar-refractivity contribution < 1.29 is 24.5 Å². The van der Waals surface area contributed by atoms with Crippen LogP contribution in [-0.4, -0.2) is 29.1 Å². The molecule has 114 valence electrons. The molecule has 1 aliphatic heterocycles. The molecule has 1 N–H and O–H groups in total. The van der Waals surface area contributed by atoms with Gasteiger partial charge in [-0.1, -0.05) is 13.8 Å². The predicted molar refractivity (Wildman–Crippen MR) is 71.4 cm³/mol. The first-order valence-electron chi connectivity index (χ1n) is 7.40. The van der Waals surface area contributed by atoms with Gasteiger partial charge < -0.3 is 9.90 Å². The van der Waals surface area contributed by atoms with Crippen molar-refractivity contribution in [3.8, 4) is 0 Å². The van der Waals surface area contributed by atoms with Crippen LogP contribution in [0.4, 0.5) is 0 Å². The van der Waals surface area contributed by atoms with Crippen molar-refractivity contribution in [1.29, 1.82) is 0 Å². The zero-order chi connectivity index (χ0) is 14.9. The van der Waals surface area contributed by atoms with Crippen molar-refractivity contribution in [2.45, 2.75) is 58.3 Å². The molecule has 0 spiro atoms. The summed E-state index contributed by atoms with van der Waals surface area (Å²) < 4.78 is 0. The van der Waals surface area contributed by atoms with Gasteiger partial charge in [-0.3, -0.25) is 4.79 Å². The van der Waals surface area contributed by atoms with Gasteiger partial charge in [0.05, 0.1) is 0 Å². The third kappa shape index (κ3) is 2.54. The van der Waals surface area contributed by atoms with E-state index in [1.165, 1.54) is 0 Å². The summed E-state index contributed by atoms with van der Waals surface area (Å²) >= 11 is 0. The van der Waals surface area contributed by atoms with Crippen LogP contribution in [0, 0.1) is 23.7 Å².